The van der Waals surface area contributed by atoms with Gasteiger partial charge in [-0.25, -0.2) is 4.98 Å². The van der Waals surface area contributed by atoms with Crippen molar-refractivity contribution in [3.63, 3.8) is 0 Å². The van der Waals surface area contributed by atoms with Crippen LogP contribution in [0, 0.1) is 13.8 Å². The van der Waals surface area contributed by atoms with Crippen LogP contribution in [0.1, 0.15) is 11.1 Å². The molecule has 4 heteroatoms. The molecule has 1 aromatic heterocycles. The zero-order chi connectivity index (χ0) is 16.4. The van der Waals surface area contributed by atoms with Crippen LogP contribution in [0.25, 0.3) is 11.3 Å². The molecule has 0 unspecified atom stereocenters. The summed E-state index contributed by atoms with van der Waals surface area (Å²) >= 11 is 1.63. The summed E-state index contributed by atoms with van der Waals surface area (Å²) in [6.07, 6.45) is 0. The number of para-hydroxylation sites is 1. The minimum absolute atomic E-state index is 0.829. The fourth-order valence-electron chi connectivity index (χ4n) is 2.39. The number of hydrogen-bond acceptors (Lipinski definition) is 4. The second-order valence-corrected chi connectivity index (χ2v) is 6.61. The molecule has 0 bridgehead atoms. The number of hydrogen-bond donors (Lipinski definition) is 0. The van der Waals surface area contributed by atoms with E-state index < -0.39 is 0 Å². The minimum atomic E-state index is 0.829. The number of aryl methyl sites for hydroxylation is 2. The van der Waals surface area contributed by atoms with Gasteiger partial charge in [0.05, 0.1) is 5.69 Å². The maximum atomic E-state index is 6.17. The van der Waals surface area contributed by atoms with Crippen LogP contribution in [-0.4, -0.2) is 19.1 Å². The second-order valence-electron chi connectivity index (χ2n) is 5.78. The van der Waals surface area contributed by atoms with Crippen LogP contribution in [0.4, 0.5) is 5.13 Å². The molecule has 0 aliphatic heterocycles. The van der Waals surface area contributed by atoms with E-state index in [9.17, 15) is 0 Å². The fourth-order valence-corrected chi connectivity index (χ4v) is 3.15. The summed E-state index contributed by atoms with van der Waals surface area (Å²) in [5.74, 6) is 1.71. The summed E-state index contributed by atoms with van der Waals surface area (Å²) in [5.41, 5.74) is 4.32. The Morgan fingerprint density at radius 1 is 1.00 bits per heavy atom. The molecule has 23 heavy (non-hydrogen) atoms. The normalized spacial score (nSPS) is 10.6. The molecule has 3 nitrogen and oxygen atoms in total. The van der Waals surface area contributed by atoms with Crippen LogP contribution in [0.5, 0.6) is 11.5 Å². The number of benzene rings is 2. The first-order valence-corrected chi connectivity index (χ1v) is 8.40. The highest BCUT2D eigenvalue weighted by Crippen LogP contribution is 2.36. The number of nitrogens with zero attached hydrogens (tertiary/aromatic N) is 2. The number of thiazole rings is 1. The Labute approximate surface area is 141 Å². The van der Waals surface area contributed by atoms with Crippen LogP contribution >= 0.6 is 11.3 Å². The quantitative estimate of drug-likeness (QED) is 0.652. The molecule has 0 aliphatic rings. The maximum absolute atomic E-state index is 6.17. The van der Waals surface area contributed by atoms with Crippen molar-refractivity contribution in [2.45, 2.75) is 13.8 Å². The Balaban J connectivity index is 1.97. The molecule has 0 saturated heterocycles. The highest BCUT2D eigenvalue weighted by Gasteiger charge is 2.12. The van der Waals surface area contributed by atoms with Gasteiger partial charge in [-0.3, -0.25) is 0 Å². The largest absolute Gasteiger partial charge is 0.456 e. The summed E-state index contributed by atoms with van der Waals surface area (Å²) in [6, 6.07) is 14.3. The third-order valence-electron chi connectivity index (χ3n) is 3.59. The van der Waals surface area contributed by atoms with E-state index in [-0.39, 0.29) is 0 Å². The van der Waals surface area contributed by atoms with E-state index in [1.54, 1.807) is 11.3 Å². The topological polar surface area (TPSA) is 25.4 Å². The summed E-state index contributed by atoms with van der Waals surface area (Å²) in [4.78, 5) is 6.70. The average molecular weight is 324 g/mol. The molecular formula is C19H20N2OS. The van der Waals surface area contributed by atoms with Crippen molar-refractivity contribution < 1.29 is 4.74 Å². The molecule has 118 valence electrons. The highest BCUT2D eigenvalue weighted by molar-refractivity contribution is 7.14. The predicted octanol–water partition coefficient (Wildman–Crippen LogP) is 5.29. The number of anilines is 1. The summed E-state index contributed by atoms with van der Waals surface area (Å²) in [5, 5.41) is 3.06. The van der Waals surface area contributed by atoms with Gasteiger partial charge < -0.3 is 9.64 Å². The number of aromatic nitrogens is 1. The van der Waals surface area contributed by atoms with E-state index in [4.69, 9.17) is 4.74 Å². The van der Waals surface area contributed by atoms with Crippen molar-refractivity contribution in [1.29, 1.82) is 0 Å². The number of ether oxygens (including phenoxy) is 1. The van der Waals surface area contributed by atoms with Gasteiger partial charge >= 0.3 is 0 Å². The third-order valence-corrected chi connectivity index (χ3v) is 4.60. The zero-order valence-electron chi connectivity index (χ0n) is 13.8. The lowest BCUT2D eigenvalue weighted by molar-refractivity contribution is 0.480. The molecule has 1 heterocycles. The fraction of sp³-hybridized carbons (Fsp3) is 0.211. The van der Waals surface area contributed by atoms with E-state index in [1.807, 2.05) is 49.3 Å². The molecule has 0 saturated carbocycles. The van der Waals surface area contributed by atoms with Crippen LogP contribution in [0.2, 0.25) is 0 Å². The number of rotatable bonds is 4. The van der Waals surface area contributed by atoms with Gasteiger partial charge in [0.2, 0.25) is 0 Å². The Hall–Kier alpha value is -2.33. The van der Waals surface area contributed by atoms with Crippen molar-refractivity contribution >= 4 is 16.5 Å². The van der Waals surface area contributed by atoms with E-state index in [2.05, 4.69) is 36.3 Å². The van der Waals surface area contributed by atoms with Crippen LogP contribution < -0.4 is 9.64 Å². The minimum Gasteiger partial charge on any atom is -0.456 e. The first-order chi connectivity index (χ1) is 11.0. The summed E-state index contributed by atoms with van der Waals surface area (Å²) in [6.45, 7) is 4.15. The van der Waals surface area contributed by atoms with E-state index in [0.717, 1.165) is 33.5 Å². The van der Waals surface area contributed by atoms with Crippen molar-refractivity contribution in [2.24, 2.45) is 0 Å². The zero-order valence-corrected chi connectivity index (χ0v) is 14.6. The van der Waals surface area contributed by atoms with Gasteiger partial charge in [0.25, 0.3) is 0 Å². The first-order valence-electron chi connectivity index (χ1n) is 7.52. The molecule has 2 aromatic carbocycles. The Morgan fingerprint density at radius 3 is 2.48 bits per heavy atom. The standard InChI is InChI=1S/C19H20N2OS/c1-13-9-10-17(14(2)11-13)22-18-8-6-5-7-15(18)16-12-23-19(20-16)21(3)4/h5-12H,1-4H3. The summed E-state index contributed by atoms with van der Waals surface area (Å²) < 4.78 is 6.17. The van der Waals surface area contributed by atoms with Crippen molar-refractivity contribution in [3.05, 3.63) is 59.0 Å². The van der Waals surface area contributed by atoms with Gasteiger partial charge in [-0.15, -0.1) is 11.3 Å². The molecule has 0 N–H and O–H groups in total. The summed E-state index contributed by atoms with van der Waals surface area (Å²) in [7, 11) is 4.00. The van der Waals surface area contributed by atoms with Crippen molar-refractivity contribution in [3.8, 4) is 22.8 Å². The molecule has 0 radical (unpaired) electrons. The molecule has 3 rings (SSSR count). The molecule has 3 aromatic rings. The molecular weight excluding hydrogens is 304 g/mol. The molecule has 0 spiro atoms. The Bertz CT molecular complexity index is 824. The molecule has 0 aliphatic carbocycles. The lowest BCUT2D eigenvalue weighted by atomic mass is 10.1. The van der Waals surface area contributed by atoms with E-state index in [0.29, 0.717) is 0 Å². The van der Waals surface area contributed by atoms with Gasteiger partial charge in [-0.1, -0.05) is 29.8 Å². The van der Waals surface area contributed by atoms with E-state index >= 15 is 0 Å². The molecule has 0 amide bonds. The van der Waals surface area contributed by atoms with Gasteiger partial charge in [-0.2, -0.15) is 0 Å². The van der Waals surface area contributed by atoms with E-state index in [1.165, 1.54) is 5.56 Å². The Morgan fingerprint density at radius 2 is 1.78 bits per heavy atom. The van der Waals surface area contributed by atoms with Crippen molar-refractivity contribution in [1.82, 2.24) is 4.98 Å². The maximum Gasteiger partial charge on any atom is 0.185 e. The average Bonchev–Trinajstić information content (AvgIpc) is 3.00. The monoisotopic (exact) mass is 324 g/mol. The van der Waals surface area contributed by atoms with Crippen LogP contribution in [-0.2, 0) is 0 Å². The smallest absolute Gasteiger partial charge is 0.185 e. The Kier molecular flexibility index (Phi) is 4.35. The lowest BCUT2D eigenvalue weighted by Crippen LogP contribution is -2.07. The van der Waals surface area contributed by atoms with Crippen LogP contribution in [0.15, 0.2) is 47.8 Å². The van der Waals surface area contributed by atoms with Gasteiger partial charge in [0.15, 0.2) is 5.13 Å². The van der Waals surface area contributed by atoms with Gasteiger partial charge in [0, 0.05) is 25.0 Å². The van der Waals surface area contributed by atoms with Gasteiger partial charge in [-0.05, 0) is 37.6 Å². The second kappa shape index (κ2) is 6.42. The lowest BCUT2D eigenvalue weighted by Gasteiger charge is -2.12. The highest BCUT2D eigenvalue weighted by atomic mass is 32.1. The molecule has 0 fully saturated rings. The van der Waals surface area contributed by atoms with Gasteiger partial charge in [0.1, 0.15) is 11.5 Å². The third kappa shape index (κ3) is 3.37. The van der Waals surface area contributed by atoms with Crippen LogP contribution in [0.3, 0.4) is 0 Å². The molecule has 0 atom stereocenters. The first kappa shape index (κ1) is 15.6. The SMILES string of the molecule is Cc1ccc(Oc2ccccc2-c2csc(N(C)C)n2)c(C)c1. The predicted molar refractivity (Wildman–Crippen MR) is 97.9 cm³/mol. The van der Waals surface area contributed by atoms with Crippen molar-refractivity contribution in [2.75, 3.05) is 19.0 Å².